The number of hydrogen-bond acceptors (Lipinski definition) is 4. The molecule has 0 radical (unpaired) electrons. The maximum Gasteiger partial charge on any atom is 0.225 e. The first kappa shape index (κ1) is 19.5. The van der Waals surface area contributed by atoms with Crippen molar-refractivity contribution in [2.45, 2.75) is 26.2 Å². The SMILES string of the molecule is CCOc1ccc(OCC)c(NC(N)=NCC2CC(=O)Nc3ccccc32)c1. The van der Waals surface area contributed by atoms with Crippen LogP contribution < -0.4 is 25.8 Å². The Morgan fingerprint density at radius 2 is 2.00 bits per heavy atom. The molecule has 0 fully saturated rings. The van der Waals surface area contributed by atoms with E-state index in [0.29, 0.717) is 37.6 Å². The summed E-state index contributed by atoms with van der Waals surface area (Å²) in [7, 11) is 0. The molecule has 3 rings (SSSR count). The molecule has 0 saturated carbocycles. The maximum absolute atomic E-state index is 12.0. The first-order chi connectivity index (χ1) is 13.6. The fourth-order valence-electron chi connectivity index (χ4n) is 3.20. The largest absolute Gasteiger partial charge is 0.494 e. The number of rotatable bonds is 7. The van der Waals surface area contributed by atoms with Gasteiger partial charge in [-0.05, 0) is 37.6 Å². The van der Waals surface area contributed by atoms with E-state index in [2.05, 4.69) is 15.6 Å². The summed E-state index contributed by atoms with van der Waals surface area (Å²) in [6.45, 7) is 5.37. The van der Waals surface area contributed by atoms with Gasteiger partial charge in [-0.1, -0.05) is 18.2 Å². The highest BCUT2D eigenvalue weighted by atomic mass is 16.5. The summed E-state index contributed by atoms with van der Waals surface area (Å²) in [6.07, 6.45) is 0.387. The van der Waals surface area contributed by atoms with Gasteiger partial charge in [-0.2, -0.15) is 0 Å². The Bertz CT molecular complexity index is 866. The first-order valence-corrected chi connectivity index (χ1v) is 9.46. The number of nitrogens with zero attached hydrogens (tertiary/aromatic N) is 1. The molecule has 0 spiro atoms. The average molecular weight is 382 g/mol. The van der Waals surface area contributed by atoms with Crippen molar-refractivity contribution in [2.75, 3.05) is 30.4 Å². The molecule has 1 atom stereocenters. The highest BCUT2D eigenvalue weighted by Crippen LogP contribution is 2.32. The lowest BCUT2D eigenvalue weighted by molar-refractivity contribution is -0.116. The lowest BCUT2D eigenvalue weighted by Gasteiger charge is -2.24. The van der Waals surface area contributed by atoms with Gasteiger partial charge < -0.3 is 25.8 Å². The Hall–Kier alpha value is -3.22. The van der Waals surface area contributed by atoms with E-state index < -0.39 is 0 Å². The Balaban J connectivity index is 1.74. The van der Waals surface area contributed by atoms with Crippen LogP contribution >= 0.6 is 0 Å². The molecule has 28 heavy (non-hydrogen) atoms. The highest BCUT2D eigenvalue weighted by molar-refractivity contribution is 5.95. The van der Waals surface area contributed by atoms with Gasteiger partial charge in [0.15, 0.2) is 5.96 Å². The van der Waals surface area contributed by atoms with Gasteiger partial charge >= 0.3 is 0 Å². The van der Waals surface area contributed by atoms with Crippen LogP contribution in [0, 0.1) is 0 Å². The first-order valence-electron chi connectivity index (χ1n) is 9.46. The molecule has 1 heterocycles. The number of carbonyl (C=O) groups is 1. The van der Waals surface area contributed by atoms with Crippen LogP contribution in [0.25, 0.3) is 0 Å². The van der Waals surface area contributed by atoms with Crippen LogP contribution in [0.5, 0.6) is 11.5 Å². The molecule has 2 aromatic rings. The number of aliphatic imine (C=N–C) groups is 1. The minimum atomic E-state index is -0.00794. The molecule has 1 amide bonds. The molecule has 0 aromatic heterocycles. The second kappa shape index (κ2) is 9.12. The summed E-state index contributed by atoms with van der Waals surface area (Å²) in [4.78, 5) is 16.4. The predicted molar refractivity (Wildman–Crippen MR) is 111 cm³/mol. The topological polar surface area (TPSA) is 98.0 Å². The van der Waals surface area contributed by atoms with Crippen LogP contribution in [0.2, 0.25) is 0 Å². The smallest absolute Gasteiger partial charge is 0.225 e. The molecule has 1 aliphatic heterocycles. The van der Waals surface area contributed by atoms with Crippen molar-refractivity contribution in [3.05, 3.63) is 48.0 Å². The number of benzene rings is 2. The van der Waals surface area contributed by atoms with Crippen LogP contribution in [-0.2, 0) is 4.79 Å². The number of para-hydroxylation sites is 1. The Morgan fingerprint density at radius 3 is 2.79 bits per heavy atom. The van der Waals surface area contributed by atoms with Gasteiger partial charge in [0, 0.05) is 24.1 Å². The van der Waals surface area contributed by atoms with Crippen LogP contribution in [0.3, 0.4) is 0 Å². The number of nitrogens with one attached hydrogen (secondary N) is 2. The zero-order valence-corrected chi connectivity index (χ0v) is 16.2. The Labute approximate surface area is 164 Å². The van der Waals surface area contributed by atoms with E-state index in [-0.39, 0.29) is 17.8 Å². The second-order valence-electron chi connectivity index (χ2n) is 6.41. The van der Waals surface area contributed by atoms with Crippen molar-refractivity contribution in [1.29, 1.82) is 0 Å². The van der Waals surface area contributed by atoms with E-state index in [0.717, 1.165) is 17.0 Å². The monoisotopic (exact) mass is 382 g/mol. The second-order valence-corrected chi connectivity index (χ2v) is 6.41. The number of fused-ring (bicyclic) bond motifs is 1. The fourth-order valence-corrected chi connectivity index (χ4v) is 3.20. The molecule has 0 saturated heterocycles. The standard InChI is InChI=1S/C21H26N4O3/c1-3-27-15-9-10-19(28-4-2)18(12-15)25-21(22)23-13-14-11-20(26)24-17-8-6-5-7-16(14)17/h5-10,12,14H,3-4,11,13H2,1-2H3,(H,24,26)(H3,22,23,25). The van der Waals surface area contributed by atoms with Gasteiger partial charge in [0.2, 0.25) is 5.91 Å². The zero-order chi connectivity index (χ0) is 19.9. The fraction of sp³-hybridized carbons (Fsp3) is 0.333. The van der Waals surface area contributed by atoms with Crippen molar-refractivity contribution in [1.82, 2.24) is 0 Å². The number of nitrogens with two attached hydrogens (primary N) is 1. The van der Waals surface area contributed by atoms with E-state index >= 15 is 0 Å². The van der Waals surface area contributed by atoms with Crippen molar-refractivity contribution < 1.29 is 14.3 Å². The number of ether oxygens (including phenoxy) is 2. The average Bonchev–Trinajstić information content (AvgIpc) is 2.68. The molecule has 0 aliphatic carbocycles. The van der Waals surface area contributed by atoms with Crippen molar-refractivity contribution >= 4 is 23.2 Å². The highest BCUT2D eigenvalue weighted by Gasteiger charge is 2.24. The molecule has 2 aromatic carbocycles. The summed E-state index contributed by atoms with van der Waals surface area (Å²) in [5, 5.41) is 5.98. The summed E-state index contributed by atoms with van der Waals surface area (Å²) in [6, 6.07) is 13.3. The Kier molecular flexibility index (Phi) is 6.37. The number of anilines is 2. The number of amides is 1. The lowest BCUT2D eigenvalue weighted by Crippen LogP contribution is -2.27. The molecule has 0 bridgehead atoms. The molecule has 7 nitrogen and oxygen atoms in total. The van der Waals surface area contributed by atoms with Crippen molar-refractivity contribution in [2.24, 2.45) is 10.7 Å². The van der Waals surface area contributed by atoms with E-state index in [1.54, 1.807) is 0 Å². The number of guanidine groups is 1. The van der Waals surface area contributed by atoms with Crippen LogP contribution in [0.15, 0.2) is 47.5 Å². The zero-order valence-electron chi connectivity index (χ0n) is 16.2. The van der Waals surface area contributed by atoms with Gasteiger partial charge in [0.1, 0.15) is 11.5 Å². The van der Waals surface area contributed by atoms with E-state index in [9.17, 15) is 4.79 Å². The van der Waals surface area contributed by atoms with Crippen LogP contribution in [0.1, 0.15) is 31.7 Å². The maximum atomic E-state index is 12.0. The van der Waals surface area contributed by atoms with Crippen LogP contribution in [0.4, 0.5) is 11.4 Å². The minimum absolute atomic E-state index is 0.00604. The number of carbonyl (C=O) groups excluding carboxylic acids is 1. The molecule has 7 heteroatoms. The molecule has 1 unspecified atom stereocenters. The molecular formula is C21H26N4O3. The van der Waals surface area contributed by atoms with E-state index in [4.69, 9.17) is 15.2 Å². The minimum Gasteiger partial charge on any atom is -0.494 e. The molecule has 1 aliphatic rings. The molecular weight excluding hydrogens is 356 g/mol. The third-order valence-corrected chi connectivity index (χ3v) is 4.41. The number of hydrogen-bond donors (Lipinski definition) is 3. The third kappa shape index (κ3) is 4.73. The van der Waals surface area contributed by atoms with Gasteiger partial charge in [-0.25, -0.2) is 0 Å². The van der Waals surface area contributed by atoms with Gasteiger partial charge in [-0.3, -0.25) is 9.79 Å². The van der Waals surface area contributed by atoms with Crippen molar-refractivity contribution in [3.8, 4) is 11.5 Å². The van der Waals surface area contributed by atoms with Gasteiger partial charge in [-0.15, -0.1) is 0 Å². The predicted octanol–water partition coefficient (Wildman–Crippen LogP) is 3.34. The summed E-state index contributed by atoms with van der Waals surface area (Å²) in [5.74, 6) is 1.64. The van der Waals surface area contributed by atoms with Crippen molar-refractivity contribution in [3.63, 3.8) is 0 Å². The van der Waals surface area contributed by atoms with E-state index in [1.807, 2.05) is 56.3 Å². The summed E-state index contributed by atoms with van der Waals surface area (Å²) < 4.78 is 11.2. The summed E-state index contributed by atoms with van der Waals surface area (Å²) in [5.41, 5.74) is 8.72. The Morgan fingerprint density at radius 1 is 1.21 bits per heavy atom. The third-order valence-electron chi connectivity index (χ3n) is 4.41. The van der Waals surface area contributed by atoms with E-state index in [1.165, 1.54) is 0 Å². The molecule has 148 valence electrons. The molecule has 4 N–H and O–H groups in total. The normalized spacial score (nSPS) is 16.1. The van der Waals surface area contributed by atoms with Gasteiger partial charge in [0.05, 0.1) is 25.4 Å². The van der Waals surface area contributed by atoms with Gasteiger partial charge in [0.25, 0.3) is 0 Å². The lowest BCUT2D eigenvalue weighted by atomic mass is 9.91. The summed E-state index contributed by atoms with van der Waals surface area (Å²) >= 11 is 0. The quantitative estimate of drug-likeness (QED) is 0.504. The van der Waals surface area contributed by atoms with Crippen LogP contribution in [-0.4, -0.2) is 31.6 Å².